The third-order valence-corrected chi connectivity index (χ3v) is 4.81. The molecule has 0 amide bonds. The van der Waals surface area contributed by atoms with Crippen molar-refractivity contribution in [3.05, 3.63) is 46.6 Å². The van der Waals surface area contributed by atoms with E-state index in [4.69, 9.17) is 23.2 Å². The highest BCUT2D eigenvalue weighted by molar-refractivity contribution is 7.92. The molecule has 0 atom stereocenters. The van der Waals surface area contributed by atoms with Gasteiger partial charge >= 0.3 is 0 Å². The molecular weight excluding hydrogens is 357 g/mol. The minimum atomic E-state index is -3.78. The van der Waals surface area contributed by atoms with Crippen LogP contribution in [-0.4, -0.2) is 18.9 Å². The van der Waals surface area contributed by atoms with Gasteiger partial charge in [-0.1, -0.05) is 23.2 Å². The quantitative estimate of drug-likeness (QED) is 0.832. The summed E-state index contributed by atoms with van der Waals surface area (Å²) in [5.74, 6) is 0.218. The Balaban J connectivity index is 2.19. The SMILES string of the molecule is CC(C)(C)Nc1ccc(NS(=O)(=O)c2ccc(Cl)c(Cl)c2)nc1. The van der Waals surface area contributed by atoms with Gasteiger partial charge in [0.15, 0.2) is 0 Å². The predicted molar refractivity (Wildman–Crippen MR) is 94.9 cm³/mol. The zero-order valence-electron chi connectivity index (χ0n) is 12.9. The summed E-state index contributed by atoms with van der Waals surface area (Å²) in [6.45, 7) is 6.07. The Morgan fingerprint density at radius 3 is 2.26 bits per heavy atom. The lowest BCUT2D eigenvalue weighted by Crippen LogP contribution is -2.26. The van der Waals surface area contributed by atoms with Crippen LogP contribution in [0.5, 0.6) is 0 Å². The highest BCUT2D eigenvalue weighted by atomic mass is 35.5. The zero-order valence-corrected chi connectivity index (χ0v) is 15.2. The maximum Gasteiger partial charge on any atom is 0.263 e. The van der Waals surface area contributed by atoms with Gasteiger partial charge in [0.2, 0.25) is 0 Å². The number of nitrogens with one attached hydrogen (secondary N) is 2. The molecule has 8 heteroatoms. The number of hydrogen-bond donors (Lipinski definition) is 2. The molecule has 0 aliphatic heterocycles. The number of aromatic nitrogens is 1. The van der Waals surface area contributed by atoms with E-state index >= 15 is 0 Å². The molecule has 0 spiro atoms. The van der Waals surface area contributed by atoms with Crippen molar-refractivity contribution in [2.75, 3.05) is 10.0 Å². The van der Waals surface area contributed by atoms with Crippen molar-refractivity contribution < 1.29 is 8.42 Å². The number of pyridine rings is 1. The first-order chi connectivity index (χ1) is 10.6. The second-order valence-corrected chi connectivity index (χ2v) is 8.49. The highest BCUT2D eigenvalue weighted by Crippen LogP contribution is 2.26. The monoisotopic (exact) mass is 373 g/mol. The van der Waals surface area contributed by atoms with Crippen molar-refractivity contribution in [2.45, 2.75) is 31.2 Å². The Morgan fingerprint density at radius 1 is 1.04 bits per heavy atom. The lowest BCUT2D eigenvalue weighted by molar-refractivity contribution is 0.601. The second kappa shape index (κ2) is 6.55. The van der Waals surface area contributed by atoms with Crippen molar-refractivity contribution in [3.8, 4) is 0 Å². The largest absolute Gasteiger partial charge is 0.379 e. The van der Waals surface area contributed by atoms with Crippen LogP contribution in [0.1, 0.15) is 20.8 Å². The molecule has 23 heavy (non-hydrogen) atoms. The molecular formula is C15H17Cl2N3O2S. The number of halogens is 2. The van der Waals surface area contributed by atoms with Crippen molar-refractivity contribution in [3.63, 3.8) is 0 Å². The van der Waals surface area contributed by atoms with Gasteiger partial charge in [0.05, 0.1) is 26.8 Å². The summed E-state index contributed by atoms with van der Waals surface area (Å²) < 4.78 is 27.0. The molecule has 1 aromatic carbocycles. The van der Waals surface area contributed by atoms with Crippen LogP contribution in [0.2, 0.25) is 10.0 Å². The van der Waals surface area contributed by atoms with Gasteiger partial charge in [-0.25, -0.2) is 13.4 Å². The molecule has 5 nitrogen and oxygen atoms in total. The zero-order chi connectivity index (χ0) is 17.3. The molecule has 2 rings (SSSR count). The third kappa shape index (κ3) is 4.99. The van der Waals surface area contributed by atoms with Crippen LogP contribution in [0.25, 0.3) is 0 Å². The van der Waals surface area contributed by atoms with Crippen LogP contribution in [0, 0.1) is 0 Å². The average molecular weight is 374 g/mol. The van der Waals surface area contributed by atoms with Crippen LogP contribution in [-0.2, 0) is 10.0 Å². The third-order valence-electron chi connectivity index (χ3n) is 2.72. The Labute approximate surface area is 146 Å². The Morgan fingerprint density at radius 2 is 1.74 bits per heavy atom. The fourth-order valence-corrected chi connectivity index (χ4v) is 3.20. The van der Waals surface area contributed by atoms with Crippen LogP contribution < -0.4 is 10.0 Å². The van der Waals surface area contributed by atoms with E-state index in [0.29, 0.717) is 5.02 Å². The van der Waals surface area contributed by atoms with Gasteiger partial charge < -0.3 is 5.32 Å². The lowest BCUT2D eigenvalue weighted by Gasteiger charge is -2.21. The maximum absolute atomic E-state index is 12.3. The van der Waals surface area contributed by atoms with Gasteiger partial charge in [-0.2, -0.15) is 0 Å². The Kier molecular flexibility index (Phi) is 5.08. The number of hydrogen-bond acceptors (Lipinski definition) is 4. The number of sulfonamides is 1. The minimum Gasteiger partial charge on any atom is -0.379 e. The van der Waals surface area contributed by atoms with E-state index in [1.165, 1.54) is 18.2 Å². The fourth-order valence-electron chi connectivity index (χ4n) is 1.80. The molecule has 0 bridgehead atoms. The van der Waals surface area contributed by atoms with Gasteiger partial charge in [-0.15, -0.1) is 0 Å². The van der Waals surface area contributed by atoms with Gasteiger partial charge in [-0.05, 0) is 51.1 Å². The summed E-state index contributed by atoms with van der Waals surface area (Å²) in [6.07, 6.45) is 1.57. The summed E-state index contributed by atoms with van der Waals surface area (Å²) in [5, 5.41) is 3.71. The van der Waals surface area contributed by atoms with Gasteiger partial charge in [0.1, 0.15) is 5.82 Å². The lowest BCUT2D eigenvalue weighted by atomic mass is 10.1. The molecule has 0 radical (unpaired) electrons. The number of nitrogens with zero attached hydrogens (tertiary/aromatic N) is 1. The molecule has 0 aliphatic carbocycles. The van der Waals surface area contributed by atoms with Crippen molar-refractivity contribution in [2.24, 2.45) is 0 Å². The fraction of sp³-hybridized carbons (Fsp3) is 0.267. The average Bonchev–Trinajstić information content (AvgIpc) is 2.42. The summed E-state index contributed by atoms with van der Waals surface area (Å²) >= 11 is 11.7. The smallest absolute Gasteiger partial charge is 0.263 e. The topological polar surface area (TPSA) is 71.1 Å². The van der Waals surface area contributed by atoms with E-state index in [1.807, 2.05) is 20.8 Å². The molecule has 2 N–H and O–H groups in total. The van der Waals surface area contributed by atoms with E-state index in [-0.39, 0.29) is 21.3 Å². The standard InChI is InChI=1S/C15H17Cl2N3O2S/c1-15(2,3)19-10-4-7-14(18-9-10)20-23(21,22)11-5-6-12(16)13(17)8-11/h4-9,19H,1-3H3,(H,18,20). The summed E-state index contributed by atoms with van der Waals surface area (Å²) in [4.78, 5) is 4.12. The van der Waals surface area contributed by atoms with E-state index in [0.717, 1.165) is 5.69 Å². The predicted octanol–water partition coefficient (Wildman–Crippen LogP) is 4.40. The van der Waals surface area contributed by atoms with Crippen LogP contribution >= 0.6 is 23.2 Å². The molecule has 1 aromatic heterocycles. The molecule has 0 unspecified atom stereocenters. The van der Waals surface area contributed by atoms with Crippen LogP contribution in [0.4, 0.5) is 11.5 Å². The Bertz CT molecular complexity index is 800. The normalized spacial score (nSPS) is 12.0. The number of anilines is 2. The summed E-state index contributed by atoms with van der Waals surface area (Å²) in [5.41, 5.74) is 0.693. The summed E-state index contributed by atoms with van der Waals surface area (Å²) in [6, 6.07) is 7.45. The van der Waals surface area contributed by atoms with E-state index in [1.54, 1.807) is 18.3 Å². The van der Waals surface area contributed by atoms with E-state index in [9.17, 15) is 8.42 Å². The van der Waals surface area contributed by atoms with E-state index < -0.39 is 10.0 Å². The first kappa shape index (κ1) is 17.8. The van der Waals surface area contributed by atoms with Crippen molar-refractivity contribution in [1.82, 2.24) is 4.98 Å². The second-order valence-electron chi connectivity index (χ2n) is 5.99. The molecule has 2 aromatic rings. The molecule has 124 valence electrons. The molecule has 0 saturated carbocycles. The molecule has 0 aliphatic rings. The van der Waals surface area contributed by atoms with Crippen LogP contribution in [0.3, 0.4) is 0 Å². The molecule has 0 saturated heterocycles. The maximum atomic E-state index is 12.3. The number of benzene rings is 1. The van der Waals surface area contributed by atoms with Crippen molar-refractivity contribution in [1.29, 1.82) is 0 Å². The van der Waals surface area contributed by atoms with Gasteiger partial charge in [0.25, 0.3) is 10.0 Å². The first-order valence-corrected chi connectivity index (χ1v) is 9.03. The van der Waals surface area contributed by atoms with Gasteiger partial charge in [0, 0.05) is 5.54 Å². The van der Waals surface area contributed by atoms with Crippen molar-refractivity contribution >= 4 is 44.7 Å². The first-order valence-electron chi connectivity index (χ1n) is 6.79. The Hall–Kier alpha value is -1.50. The van der Waals surface area contributed by atoms with E-state index in [2.05, 4.69) is 15.0 Å². The van der Waals surface area contributed by atoms with Crippen LogP contribution in [0.15, 0.2) is 41.4 Å². The number of rotatable bonds is 4. The summed E-state index contributed by atoms with van der Waals surface area (Å²) in [7, 11) is -3.78. The van der Waals surface area contributed by atoms with Gasteiger partial charge in [-0.3, -0.25) is 4.72 Å². The highest BCUT2D eigenvalue weighted by Gasteiger charge is 2.16. The molecule has 1 heterocycles. The molecule has 0 fully saturated rings. The minimum absolute atomic E-state index is 0.0191.